The average Bonchev–Trinajstić information content (AvgIpc) is 2.26. The number of methoxy groups -OCH3 is 1. The van der Waals surface area contributed by atoms with Crippen LogP contribution >= 0.6 is 12.4 Å². The molecule has 3 N–H and O–H groups in total. The maximum Gasteiger partial charge on any atom is 0.124 e. The number of ether oxygens (including phenoxy) is 1. The topological polar surface area (TPSA) is 55.5 Å². The van der Waals surface area contributed by atoms with Gasteiger partial charge in [0.1, 0.15) is 11.5 Å². The molecule has 0 aromatic heterocycles. The van der Waals surface area contributed by atoms with Crippen LogP contribution in [0.5, 0.6) is 11.5 Å². The lowest BCUT2D eigenvalue weighted by Gasteiger charge is -2.19. The van der Waals surface area contributed by atoms with E-state index in [9.17, 15) is 5.11 Å². The Morgan fingerprint density at radius 3 is 2.50 bits per heavy atom. The van der Waals surface area contributed by atoms with Crippen molar-refractivity contribution >= 4 is 12.4 Å². The lowest BCUT2D eigenvalue weighted by atomic mass is 9.93. The lowest BCUT2D eigenvalue weighted by Crippen LogP contribution is -2.18. The van der Waals surface area contributed by atoms with Crippen molar-refractivity contribution < 1.29 is 9.84 Å². The number of halogens is 1. The number of rotatable bonds is 4. The number of phenolic OH excluding ortho intramolecular Hbond substituents is 1. The van der Waals surface area contributed by atoms with E-state index in [-0.39, 0.29) is 24.2 Å². The normalized spacial score (nSPS) is 13.8. The SMILES string of the molecule is CCC(C)[C@H](N)c1ccc(OC)cc1O.Cl. The minimum absolute atomic E-state index is 0. The van der Waals surface area contributed by atoms with Crippen molar-refractivity contribution in [3.8, 4) is 11.5 Å². The summed E-state index contributed by atoms with van der Waals surface area (Å²) in [6, 6.07) is 5.11. The Hall–Kier alpha value is -0.930. The molecule has 0 radical (unpaired) electrons. The molecular weight excluding hydrogens is 226 g/mol. The van der Waals surface area contributed by atoms with Gasteiger partial charge < -0.3 is 15.6 Å². The molecular formula is C12H20ClNO2. The first-order valence-corrected chi connectivity index (χ1v) is 5.22. The molecule has 92 valence electrons. The zero-order valence-corrected chi connectivity index (χ0v) is 10.8. The summed E-state index contributed by atoms with van der Waals surface area (Å²) in [4.78, 5) is 0. The molecule has 4 heteroatoms. The summed E-state index contributed by atoms with van der Waals surface area (Å²) in [5.74, 6) is 1.21. The zero-order valence-electron chi connectivity index (χ0n) is 9.93. The van der Waals surface area contributed by atoms with Crippen LogP contribution in [-0.4, -0.2) is 12.2 Å². The molecule has 16 heavy (non-hydrogen) atoms. The third kappa shape index (κ3) is 3.29. The van der Waals surface area contributed by atoms with E-state index in [4.69, 9.17) is 10.5 Å². The molecule has 0 fully saturated rings. The van der Waals surface area contributed by atoms with E-state index in [0.29, 0.717) is 11.7 Å². The monoisotopic (exact) mass is 245 g/mol. The molecule has 1 unspecified atom stereocenters. The number of hydrogen-bond acceptors (Lipinski definition) is 3. The molecule has 0 saturated heterocycles. The van der Waals surface area contributed by atoms with E-state index in [1.54, 1.807) is 13.2 Å². The maximum atomic E-state index is 9.78. The molecule has 1 aromatic carbocycles. The van der Waals surface area contributed by atoms with Gasteiger partial charge in [-0.05, 0) is 12.0 Å². The predicted molar refractivity (Wildman–Crippen MR) is 68.3 cm³/mol. The van der Waals surface area contributed by atoms with Crippen molar-refractivity contribution in [1.82, 2.24) is 0 Å². The Labute approximate surface area is 103 Å². The van der Waals surface area contributed by atoms with Gasteiger partial charge >= 0.3 is 0 Å². The minimum atomic E-state index is -0.124. The summed E-state index contributed by atoms with van der Waals surface area (Å²) in [6.07, 6.45) is 0.993. The average molecular weight is 246 g/mol. The van der Waals surface area contributed by atoms with E-state index >= 15 is 0 Å². The van der Waals surface area contributed by atoms with Gasteiger partial charge in [-0.3, -0.25) is 0 Å². The van der Waals surface area contributed by atoms with Crippen LogP contribution in [0.3, 0.4) is 0 Å². The first kappa shape index (κ1) is 15.1. The van der Waals surface area contributed by atoms with Gasteiger partial charge in [-0.25, -0.2) is 0 Å². The fourth-order valence-corrected chi connectivity index (χ4v) is 1.49. The van der Waals surface area contributed by atoms with Crippen molar-refractivity contribution in [2.75, 3.05) is 7.11 Å². The molecule has 1 rings (SSSR count). The van der Waals surface area contributed by atoms with Crippen LogP contribution in [0.2, 0.25) is 0 Å². The molecule has 0 aliphatic carbocycles. The zero-order chi connectivity index (χ0) is 11.4. The Kier molecular flexibility index (Phi) is 6.22. The molecule has 0 heterocycles. The predicted octanol–water partition coefficient (Wildman–Crippen LogP) is 2.87. The quantitative estimate of drug-likeness (QED) is 0.858. The van der Waals surface area contributed by atoms with E-state index in [0.717, 1.165) is 12.0 Å². The van der Waals surface area contributed by atoms with Crippen LogP contribution in [0.25, 0.3) is 0 Å². The van der Waals surface area contributed by atoms with Crippen LogP contribution in [0, 0.1) is 5.92 Å². The number of benzene rings is 1. The molecule has 2 atom stereocenters. The van der Waals surface area contributed by atoms with E-state index in [2.05, 4.69) is 13.8 Å². The second-order valence-electron chi connectivity index (χ2n) is 3.84. The highest BCUT2D eigenvalue weighted by Gasteiger charge is 2.16. The van der Waals surface area contributed by atoms with Crippen molar-refractivity contribution in [1.29, 1.82) is 0 Å². The Balaban J connectivity index is 0.00000225. The fourth-order valence-electron chi connectivity index (χ4n) is 1.49. The summed E-state index contributed by atoms with van der Waals surface area (Å²) in [5, 5.41) is 9.78. The highest BCUT2D eigenvalue weighted by Crippen LogP contribution is 2.31. The lowest BCUT2D eigenvalue weighted by molar-refractivity contribution is 0.397. The van der Waals surface area contributed by atoms with Gasteiger partial charge in [0.05, 0.1) is 7.11 Å². The standard InChI is InChI=1S/C12H19NO2.ClH/c1-4-8(2)12(13)10-6-5-9(15-3)7-11(10)14;/h5-8,12,14H,4,13H2,1-3H3;1H/t8?,12-;/m0./s1. The highest BCUT2D eigenvalue weighted by atomic mass is 35.5. The van der Waals surface area contributed by atoms with Gasteiger partial charge in [0.15, 0.2) is 0 Å². The highest BCUT2D eigenvalue weighted by molar-refractivity contribution is 5.85. The molecule has 0 spiro atoms. The van der Waals surface area contributed by atoms with Crippen LogP contribution in [0.15, 0.2) is 18.2 Å². The van der Waals surface area contributed by atoms with Gasteiger partial charge in [-0.1, -0.05) is 26.3 Å². The molecule has 0 bridgehead atoms. The molecule has 3 nitrogen and oxygen atoms in total. The van der Waals surface area contributed by atoms with Crippen molar-refractivity contribution in [2.45, 2.75) is 26.3 Å². The van der Waals surface area contributed by atoms with Gasteiger partial charge in [0.2, 0.25) is 0 Å². The first-order valence-electron chi connectivity index (χ1n) is 5.22. The summed E-state index contributed by atoms with van der Waals surface area (Å²) in [7, 11) is 1.57. The van der Waals surface area contributed by atoms with Gasteiger partial charge in [0, 0.05) is 17.7 Å². The number of phenols is 1. The largest absolute Gasteiger partial charge is 0.507 e. The maximum absolute atomic E-state index is 9.78. The van der Waals surface area contributed by atoms with E-state index < -0.39 is 0 Å². The van der Waals surface area contributed by atoms with Gasteiger partial charge in [0.25, 0.3) is 0 Å². The Bertz CT molecular complexity index is 331. The molecule has 0 saturated carbocycles. The molecule has 0 aliphatic rings. The van der Waals surface area contributed by atoms with Gasteiger partial charge in [-0.2, -0.15) is 0 Å². The second kappa shape index (κ2) is 6.61. The molecule has 1 aromatic rings. The molecule has 0 amide bonds. The van der Waals surface area contributed by atoms with E-state index in [1.807, 2.05) is 12.1 Å². The molecule has 0 aliphatic heterocycles. The fraction of sp³-hybridized carbons (Fsp3) is 0.500. The minimum Gasteiger partial charge on any atom is -0.507 e. The second-order valence-corrected chi connectivity index (χ2v) is 3.84. The van der Waals surface area contributed by atoms with Crippen LogP contribution in [0.1, 0.15) is 31.9 Å². The summed E-state index contributed by atoms with van der Waals surface area (Å²) >= 11 is 0. The summed E-state index contributed by atoms with van der Waals surface area (Å²) in [5.41, 5.74) is 6.82. The number of nitrogens with two attached hydrogens (primary N) is 1. The van der Waals surface area contributed by atoms with Crippen molar-refractivity contribution in [3.05, 3.63) is 23.8 Å². The smallest absolute Gasteiger partial charge is 0.124 e. The first-order chi connectivity index (χ1) is 7.10. The van der Waals surface area contributed by atoms with Crippen LogP contribution in [-0.2, 0) is 0 Å². The Morgan fingerprint density at radius 1 is 1.44 bits per heavy atom. The van der Waals surface area contributed by atoms with Crippen LogP contribution < -0.4 is 10.5 Å². The van der Waals surface area contributed by atoms with Crippen molar-refractivity contribution in [2.24, 2.45) is 11.7 Å². The number of aromatic hydroxyl groups is 1. The Morgan fingerprint density at radius 2 is 2.06 bits per heavy atom. The summed E-state index contributed by atoms with van der Waals surface area (Å²) in [6.45, 7) is 4.17. The number of hydrogen-bond donors (Lipinski definition) is 2. The van der Waals surface area contributed by atoms with Gasteiger partial charge in [-0.15, -0.1) is 12.4 Å². The van der Waals surface area contributed by atoms with Crippen LogP contribution in [0.4, 0.5) is 0 Å². The van der Waals surface area contributed by atoms with E-state index in [1.165, 1.54) is 0 Å². The summed E-state index contributed by atoms with van der Waals surface area (Å²) < 4.78 is 5.02. The third-order valence-corrected chi connectivity index (χ3v) is 2.85. The van der Waals surface area contributed by atoms with Crippen molar-refractivity contribution in [3.63, 3.8) is 0 Å². The third-order valence-electron chi connectivity index (χ3n) is 2.85.